The van der Waals surface area contributed by atoms with Crippen molar-refractivity contribution in [3.05, 3.63) is 48.0 Å². The van der Waals surface area contributed by atoms with Gasteiger partial charge in [-0.1, -0.05) is 62.1 Å². The molecule has 1 aliphatic rings. The van der Waals surface area contributed by atoms with Gasteiger partial charge in [0.05, 0.1) is 0 Å². The molecule has 0 spiro atoms. The van der Waals surface area contributed by atoms with Gasteiger partial charge in [-0.3, -0.25) is 0 Å². The Morgan fingerprint density at radius 1 is 1.11 bits per heavy atom. The van der Waals surface area contributed by atoms with Crippen LogP contribution < -0.4 is 0 Å². The maximum Gasteiger partial charge on any atom is 0.0480 e. The highest BCUT2D eigenvalue weighted by atomic mass is 28.3. The Balaban J connectivity index is 2.21. The second kappa shape index (κ2) is 6.06. The Morgan fingerprint density at radius 3 is 2.37 bits per heavy atom. The molecule has 0 amide bonds. The summed E-state index contributed by atoms with van der Waals surface area (Å²) in [7, 11) is -1.19. The van der Waals surface area contributed by atoms with Crippen molar-refractivity contribution in [2.45, 2.75) is 43.9 Å². The van der Waals surface area contributed by atoms with Crippen LogP contribution in [0.4, 0.5) is 0 Å². The normalized spacial score (nSPS) is 27.5. The molecule has 0 saturated heterocycles. The van der Waals surface area contributed by atoms with Crippen LogP contribution in [0, 0.1) is 5.92 Å². The Morgan fingerprint density at radius 2 is 1.79 bits per heavy atom. The van der Waals surface area contributed by atoms with Gasteiger partial charge in [0.1, 0.15) is 0 Å². The number of rotatable bonds is 4. The first-order valence-electron chi connectivity index (χ1n) is 7.36. The maximum atomic E-state index is 9.27. The smallest absolute Gasteiger partial charge is 0.0480 e. The third-order valence-corrected chi connectivity index (χ3v) is 7.31. The SMILES string of the molecule is C[Si](C)(C)C1C[C@H](c2ccccc2)C=C[C@@H]1CCO. The maximum absolute atomic E-state index is 9.27. The molecule has 19 heavy (non-hydrogen) atoms. The minimum Gasteiger partial charge on any atom is -0.396 e. The van der Waals surface area contributed by atoms with Gasteiger partial charge in [-0.25, -0.2) is 0 Å². The minimum atomic E-state index is -1.19. The van der Waals surface area contributed by atoms with E-state index in [2.05, 4.69) is 62.1 Å². The van der Waals surface area contributed by atoms with E-state index >= 15 is 0 Å². The van der Waals surface area contributed by atoms with Gasteiger partial charge in [-0.2, -0.15) is 0 Å². The number of aliphatic hydroxyl groups excluding tert-OH is 1. The van der Waals surface area contributed by atoms with E-state index in [9.17, 15) is 5.11 Å². The van der Waals surface area contributed by atoms with E-state index in [0.29, 0.717) is 18.4 Å². The molecule has 1 aromatic carbocycles. The van der Waals surface area contributed by atoms with Crippen LogP contribution in [0.3, 0.4) is 0 Å². The van der Waals surface area contributed by atoms with Crippen molar-refractivity contribution in [3.8, 4) is 0 Å². The molecule has 1 unspecified atom stereocenters. The summed E-state index contributed by atoms with van der Waals surface area (Å²) in [6.07, 6.45) is 6.92. The summed E-state index contributed by atoms with van der Waals surface area (Å²) in [4.78, 5) is 0. The fourth-order valence-electron chi connectivity index (χ4n) is 3.33. The third kappa shape index (κ3) is 3.58. The van der Waals surface area contributed by atoms with E-state index in [4.69, 9.17) is 0 Å². The van der Waals surface area contributed by atoms with Crippen LogP contribution in [0.25, 0.3) is 0 Å². The summed E-state index contributed by atoms with van der Waals surface area (Å²) >= 11 is 0. The first-order valence-corrected chi connectivity index (χ1v) is 10.9. The topological polar surface area (TPSA) is 20.2 Å². The molecule has 1 aromatic rings. The predicted molar refractivity (Wildman–Crippen MR) is 85.2 cm³/mol. The van der Waals surface area contributed by atoms with Crippen molar-refractivity contribution < 1.29 is 5.11 Å². The molecule has 0 aromatic heterocycles. The average Bonchev–Trinajstić information content (AvgIpc) is 2.39. The van der Waals surface area contributed by atoms with Crippen molar-refractivity contribution in [2.24, 2.45) is 5.92 Å². The summed E-state index contributed by atoms with van der Waals surface area (Å²) in [5, 5.41) is 9.27. The van der Waals surface area contributed by atoms with Crippen molar-refractivity contribution in [1.29, 1.82) is 0 Å². The Bertz CT molecular complexity index is 419. The molecule has 104 valence electrons. The molecule has 0 aliphatic heterocycles. The molecule has 2 rings (SSSR count). The van der Waals surface area contributed by atoms with E-state index in [-0.39, 0.29) is 0 Å². The predicted octanol–water partition coefficient (Wildman–Crippen LogP) is 4.44. The van der Waals surface area contributed by atoms with Crippen LogP contribution in [0.1, 0.15) is 24.3 Å². The van der Waals surface area contributed by atoms with E-state index in [0.717, 1.165) is 12.0 Å². The first-order chi connectivity index (χ1) is 9.02. The van der Waals surface area contributed by atoms with Crippen molar-refractivity contribution in [3.63, 3.8) is 0 Å². The lowest BCUT2D eigenvalue weighted by molar-refractivity contribution is 0.261. The van der Waals surface area contributed by atoms with Gasteiger partial charge in [0.15, 0.2) is 0 Å². The fraction of sp³-hybridized carbons (Fsp3) is 0.529. The molecular weight excluding hydrogens is 248 g/mol. The molecule has 1 nitrogen and oxygen atoms in total. The Hall–Kier alpha value is -0.863. The lowest BCUT2D eigenvalue weighted by Gasteiger charge is -2.39. The number of allylic oxidation sites excluding steroid dienone is 2. The van der Waals surface area contributed by atoms with Gasteiger partial charge in [0.2, 0.25) is 0 Å². The first kappa shape index (κ1) is 14.5. The summed E-state index contributed by atoms with van der Waals surface area (Å²) in [6.45, 7) is 7.70. The summed E-state index contributed by atoms with van der Waals surface area (Å²) < 4.78 is 0. The summed E-state index contributed by atoms with van der Waals surface area (Å²) in [5.41, 5.74) is 2.21. The summed E-state index contributed by atoms with van der Waals surface area (Å²) in [6, 6.07) is 10.8. The zero-order chi connectivity index (χ0) is 13.9. The molecule has 0 heterocycles. The second-order valence-corrected chi connectivity index (χ2v) is 12.3. The highest BCUT2D eigenvalue weighted by Gasteiger charge is 2.36. The lowest BCUT2D eigenvalue weighted by atomic mass is 9.83. The highest BCUT2D eigenvalue weighted by molar-refractivity contribution is 6.77. The van der Waals surface area contributed by atoms with E-state index in [1.165, 1.54) is 12.0 Å². The van der Waals surface area contributed by atoms with Gasteiger partial charge < -0.3 is 5.11 Å². The van der Waals surface area contributed by atoms with Gasteiger partial charge in [-0.05, 0) is 29.9 Å². The number of benzene rings is 1. The van der Waals surface area contributed by atoms with Crippen LogP contribution in [-0.4, -0.2) is 19.8 Å². The number of hydrogen-bond acceptors (Lipinski definition) is 1. The number of aliphatic hydroxyl groups is 1. The molecule has 1 N–H and O–H groups in total. The Labute approximate surface area is 118 Å². The second-order valence-electron chi connectivity index (χ2n) is 6.79. The molecule has 0 saturated carbocycles. The van der Waals surface area contributed by atoms with Gasteiger partial charge in [0.25, 0.3) is 0 Å². The van der Waals surface area contributed by atoms with Crippen LogP contribution in [-0.2, 0) is 0 Å². The Kier molecular flexibility index (Phi) is 4.64. The molecule has 3 atom stereocenters. The van der Waals surface area contributed by atoms with Crippen molar-refractivity contribution >= 4 is 8.07 Å². The molecule has 0 bridgehead atoms. The standard InChI is InChI=1S/C17H26OSi/c1-19(2,3)17-13-16(10-9-15(17)11-12-18)14-7-5-4-6-8-14/h4-10,15-18H,11-13H2,1-3H3/t15-,16-,17?/m1/s1. The number of hydrogen-bond donors (Lipinski definition) is 1. The molecule has 2 heteroatoms. The molecule has 1 aliphatic carbocycles. The third-order valence-electron chi connectivity index (χ3n) is 4.42. The van der Waals surface area contributed by atoms with E-state index < -0.39 is 8.07 Å². The monoisotopic (exact) mass is 274 g/mol. The van der Waals surface area contributed by atoms with Crippen molar-refractivity contribution in [1.82, 2.24) is 0 Å². The molecular formula is C17H26OSi. The van der Waals surface area contributed by atoms with Gasteiger partial charge in [0, 0.05) is 20.6 Å². The highest BCUT2D eigenvalue weighted by Crippen LogP contribution is 2.45. The minimum absolute atomic E-state index is 0.311. The van der Waals surface area contributed by atoms with E-state index in [1.54, 1.807) is 0 Å². The summed E-state index contributed by atoms with van der Waals surface area (Å²) in [5.74, 6) is 1.14. The largest absolute Gasteiger partial charge is 0.396 e. The lowest BCUT2D eigenvalue weighted by Crippen LogP contribution is -2.35. The quantitative estimate of drug-likeness (QED) is 0.636. The zero-order valence-electron chi connectivity index (χ0n) is 12.3. The van der Waals surface area contributed by atoms with Crippen LogP contribution in [0.15, 0.2) is 42.5 Å². The average molecular weight is 274 g/mol. The van der Waals surface area contributed by atoms with Gasteiger partial charge in [-0.15, -0.1) is 0 Å². The van der Waals surface area contributed by atoms with E-state index in [1.807, 2.05) is 0 Å². The zero-order valence-corrected chi connectivity index (χ0v) is 13.3. The molecule has 0 radical (unpaired) electrons. The fourth-order valence-corrected chi connectivity index (χ4v) is 5.85. The molecule has 0 fully saturated rings. The van der Waals surface area contributed by atoms with Gasteiger partial charge >= 0.3 is 0 Å². The van der Waals surface area contributed by atoms with Crippen molar-refractivity contribution in [2.75, 3.05) is 6.61 Å². The van der Waals surface area contributed by atoms with Crippen LogP contribution >= 0.6 is 0 Å². The van der Waals surface area contributed by atoms with Crippen LogP contribution in [0.2, 0.25) is 25.2 Å². The van der Waals surface area contributed by atoms with Crippen LogP contribution in [0.5, 0.6) is 0 Å².